The number of hydrogen-bond donors (Lipinski definition) is 2. The molecule has 1 atom stereocenters. The minimum atomic E-state index is -0.926. The van der Waals surface area contributed by atoms with Gasteiger partial charge >= 0.3 is 5.97 Å². The quantitative estimate of drug-likeness (QED) is 0.756. The standard InChI is InChI=1S/C15H21NO3/c1-2-10-16-15(19)13(11-14(17)18)9-8-12-6-4-3-5-7-12/h3-7,13H,2,8-11H2,1H3,(H,16,19)(H,17,18). The summed E-state index contributed by atoms with van der Waals surface area (Å²) >= 11 is 0. The molecule has 19 heavy (non-hydrogen) atoms. The van der Waals surface area contributed by atoms with Crippen LogP contribution in [0.15, 0.2) is 30.3 Å². The van der Waals surface area contributed by atoms with Crippen molar-refractivity contribution in [2.75, 3.05) is 6.54 Å². The minimum absolute atomic E-state index is 0.109. The molecule has 104 valence electrons. The van der Waals surface area contributed by atoms with Crippen LogP contribution in [0, 0.1) is 5.92 Å². The van der Waals surface area contributed by atoms with E-state index in [-0.39, 0.29) is 12.3 Å². The predicted molar refractivity (Wildman–Crippen MR) is 73.8 cm³/mol. The predicted octanol–water partition coefficient (Wildman–Crippen LogP) is 2.24. The molecule has 0 aliphatic heterocycles. The number of aliphatic carboxylic acids is 1. The van der Waals surface area contributed by atoms with Gasteiger partial charge in [-0.05, 0) is 24.8 Å². The molecule has 0 fully saturated rings. The number of carboxylic acid groups (broad SMARTS) is 1. The Bertz CT molecular complexity index is 403. The summed E-state index contributed by atoms with van der Waals surface area (Å²) in [5.74, 6) is -1.53. The summed E-state index contributed by atoms with van der Waals surface area (Å²) in [6.45, 7) is 2.57. The Morgan fingerprint density at radius 2 is 1.95 bits per heavy atom. The van der Waals surface area contributed by atoms with Crippen molar-refractivity contribution in [1.29, 1.82) is 0 Å². The molecule has 0 radical (unpaired) electrons. The molecule has 0 aromatic heterocycles. The monoisotopic (exact) mass is 263 g/mol. The van der Waals surface area contributed by atoms with E-state index < -0.39 is 11.9 Å². The van der Waals surface area contributed by atoms with Crippen molar-refractivity contribution in [3.8, 4) is 0 Å². The number of rotatable bonds is 8. The van der Waals surface area contributed by atoms with E-state index >= 15 is 0 Å². The Kier molecular flexibility index (Phi) is 6.64. The van der Waals surface area contributed by atoms with E-state index in [2.05, 4.69) is 5.32 Å². The first-order valence-corrected chi connectivity index (χ1v) is 6.67. The van der Waals surface area contributed by atoms with Crippen LogP contribution in [0.3, 0.4) is 0 Å². The normalized spacial score (nSPS) is 11.8. The lowest BCUT2D eigenvalue weighted by atomic mass is 9.95. The summed E-state index contributed by atoms with van der Waals surface area (Å²) in [7, 11) is 0. The molecule has 1 rings (SSSR count). The Morgan fingerprint density at radius 3 is 2.53 bits per heavy atom. The van der Waals surface area contributed by atoms with Gasteiger partial charge in [-0.3, -0.25) is 9.59 Å². The average molecular weight is 263 g/mol. The highest BCUT2D eigenvalue weighted by Crippen LogP contribution is 2.14. The van der Waals surface area contributed by atoms with Crippen LogP contribution >= 0.6 is 0 Å². The van der Waals surface area contributed by atoms with Crippen molar-refractivity contribution in [1.82, 2.24) is 5.32 Å². The summed E-state index contributed by atoms with van der Waals surface area (Å²) in [4.78, 5) is 22.7. The highest BCUT2D eigenvalue weighted by molar-refractivity contribution is 5.83. The lowest BCUT2D eigenvalue weighted by molar-refractivity contribution is -0.141. The van der Waals surface area contributed by atoms with Gasteiger partial charge in [0.2, 0.25) is 5.91 Å². The van der Waals surface area contributed by atoms with Crippen molar-refractivity contribution in [2.45, 2.75) is 32.6 Å². The third-order valence-electron chi connectivity index (χ3n) is 2.97. The number of carboxylic acids is 1. The molecule has 4 heteroatoms. The topological polar surface area (TPSA) is 66.4 Å². The highest BCUT2D eigenvalue weighted by Gasteiger charge is 2.20. The van der Waals surface area contributed by atoms with E-state index in [1.54, 1.807) is 0 Å². The maximum absolute atomic E-state index is 11.9. The van der Waals surface area contributed by atoms with Crippen LogP contribution in [0.2, 0.25) is 0 Å². The van der Waals surface area contributed by atoms with Crippen molar-refractivity contribution in [3.63, 3.8) is 0 Å². The lowest BCUT2D eigenvalue weighted by Crippen LogP contribution is -2.32. The van der Waals surface area contributed by atoms with Crippen molar-refractivity contribution < 1.29 is 14.7 Å². The van der Waals surface area contributed by atoms with Crippen molar-refractivity contribution in [2.24, 2.45) is 5.92 Å². The molecule has 4 nitrogen and oxygen atoms in total. The molecule has 1 aromatic rings. The van der Waals surface area contributed by atoms with Crippen LogP contribution in [0.4, 0.5) is 0 Å². The zero-order chi connectivity index (χ0) is 14.1. The van der Waals surface area contributed by atoms with Crippen LogP contribution < -0.4 is 5.32 Å². The van der Waals surface area contributed by atoms with E-state index in [0.29, 0.717) is 13.0 Å². The van der Waals surface area contributed by atoms with Crippen LogP contribution in [-0.2, 0) is 16.0 Å². The SMILES string of the molecule is CCCNC(=O)C(CCc1ccccc1)CC(=O)O. The molecule has 1 amide bonds. The fourth-order valence-corrected chi connectivity index (χ4v) is 1.91. The second kappa shape index (κ2) is 8.29. The number of carbonyl (C=O) groups is 2. The van der Waals surface area contributed by atoms with Gasteiger partial charge in [0.05, 0.1) is 6.42 Å². The number of nitrogens with one attached hydrogen (secondary N) is 1. The smallest absolute Gasteiger partial charge is 0.304 e. The van der Waals surface area contributed by atoms with Gasteiger partial charge in [-0.15, -0.1) is 0 Å². The van der Waals surface area contributed by atoms with Gasteiger partial charge in [-0.25, -0.2) is 0 Å². The Hall–Kier alpha value is -1.84. The van der Waals surface area contributed by atoms with E-state index in [0.717, 1.165) is 18.4 Å². The summed E-state index contributed by atoms with van der Waals surface area (Å²) < 4.78 is 0. The Labute approximate surface area is 113 Å². The van der Waals surface area contributed by atoms with Gasteiger partial charge in [0.15, 0.2) is 0 Å². The van der Waals surface area contributed by atoms with E-state index in [1.165, 1.54) is 0 Å². The van der Waals surface area contributed by atoms with E-state index in [9.17, 15) is 9.59 Å². The number of hydrogen-bond acceptors (Lipinski definition) is 2. The molecule has 1 unspecified atom stereocenters. The Balaban J connectivity index is 2.54. The maximum atomic E-state index is 11.9. The van der Waals surface area contributed by atoms with Crippen LogP contribution in [0.25, 0.3) is 0 Å². The van der Waals surface area contributed by atoms with Gasteiger partial charge in [-0.2, -0.15) is 0 Å². The van der Waals surface area contributed by atoms with Crippen LogP contribution in [-0.4, -0.2) is 23.5 Å². The molecular weight excluding hydrogens is 242 g/mol. The first-order valence-electron chi connectivity index (χ1n) is 6.67. The van der Waals surface area contributed by atoms with Crippen molar-refractivity contribution >= 4 is 11.9 Å². The molecule has 0 aliphatic rings. The summed E-state index contributed by atoms with van der Waals surface area (Å²) in [5.41, 5.74) is 1.13. The second-order valence-corrected chi connectivity index (χ2v) is 4.61. The molecule has 0 heterocycles. The summed E-state index contributed by atoms with van der Waals surface area (Å²) in [6, 6.07) is 9.80. The third-order valence-corrected chi connectivity index (χ3v) is 2.97. The van der Waals surface area contributed by atoms with Crippen LogP contribution in [0.5, 0.6) is 0 Å². The van der Waals surface area contributed by atoms with E-state index in [4.69, 9.17) is 5.11 Å². The first kappa shape index (κ1) is 15.2. The zero-order valence-corrected chi connectivity index (χ0v) is 11.3. The number of carbonyl (C=O) groups excluding carboxylic acids is 1. The van der Waals surface area contributed by atoms with Crippen molar-refractivity contribution in [3.05, 3.63) is 35.9 Å². The van der Waals surface area contributed by atoms with E-state index in [1.807, 2.05) is 37.3 Å². The third kappa shape index (κ3) is 6.04. The highest BCUT2D eigenvalue weighted by atomic mass is 16.4. The molecule has 0 saturated carbocycles. The summed E-state index contributed by atoms with van der Waals surface area (Å²) in [5, 5.41) is 11.6. The zero-order valence-electron chi connectivity index (χ0n) is 11.3. The largest absolute Gasteiger partial charge is 0.481 e. The van der Waals surface area contributed by atoms with Gasteiger partial charge in [-0.1, -0.05) is 37.3 Å². The van der Waals surface area contributed by atoms with Gasteiger partial charge in [0, 0.05) is 12.5 Å². The maximum Gasteiger partial charge on any atom is 0.304 e. The Morgan fingerprint density at radius 1 is 1.26 bits per heavy atom. The first-order chi connectivity index (χ1) is 9.13. The molecule has 0 bridgehead atoms. The van der Waals surface area contributed by atoms with Gasteiger partial charge in [0.25, 0.3) is 0 Å². The van der Waals surface area contributed by atoms with Gasteiger partial charge in [0.1, 0.15) is 0 Å². The van der Waals surface area contributed by atoms with Gasteiger partial charge < -0.3 is 10.4 Å². The lowest BCUT2D eigenvalue weighted by Gasteiger charge is -2.14. The molecule has 0 aliphatic carbocycles. The summed E-state index contributed by atoms with van der Waals surface area (Å²) in [6.07, 6.45) is 2.02. The fourth-order valence-electron chi connectivity index (χ4n) is 1.91. The molecular formula is C15H21NO3. The minimum Gasteiger partial charge on any atom is -0.481 e. The molecule has 0 saturated heterocycles. The fraction of sp³-hybridized carbons (Fsp3) is 0.467. The number of aryl methyl sites for hydroxylation is 1. The number of amides is 1. The molecule has 1 aromatic carbocycles. The number of benzene rings is 1. The molecule has 0 spiro atoms. The average Bonchev–Trinajstić information content (AvgIpc) is 2.41. The molecule has 2 N–H and O–H groups in total. The van der Waals surface area contributed by atoms with Crippen LogP contribution in [0.1, 0.15) is 31.7 Å². The second-order valence-electron chi connectivity index (χ2n) is 4.61.